The van der Waals surface area contributed by atoms with Gasteiger partial charge in [-0.15, -0.1) is 16.4 Å². The Morgan fingerprint density at radius 2 is 1.91 bits per heavy atom. The summed E-state index contributed by atoms with van der Waals surface area (Å²) in [6, 6.07) is 9.01. The zero-order valence-electron chi connectivity index (χ0n) is 17.9. The normalized spacial score (nSPS) is 15.2. The quantitative estimate of drug-likeness (QED) is 0.540. The van der Waals surface area contributed by atoms with Gasteiger partial charge in [-0.1, -0.05) is 18.2 Å². The first-order chi connectivity index (χ1) is 15.3. The Kier molecular flexibility index (Phi) is 6.31. The van der Waals surface area contributed by atoms with Crippen LogP contribution in [0.1, 0.15) is 17.5 Å². The summed E-state index contributed by atoms with van der Waals surface area (Å²) in [5.74, 6) is -0.519. The van der Waals surface area contributed by atoms with Gasteiger partial charge in [-0.2, -0.15) is 8.99 Å². The summed E-state index contributed by atoms with van der Waals surface area (Å²) in [6.07, 6.45) is 0.0834. The van der Waals surface area contributed by atoms with Crippen molar-refractivity contribution >= 4 is 27.3 Å². The van der Waals surface area contributed by atoms with E-state index in [9.17, 15) is 18.0 Å². The minimum atomic E-state index is -3.62. The molecule has 1 aromatic carbocycles. The van der Waals surface area contributed by atoms with Crippen molar-refractivity contribution in [2.45, 2.75) is 31.7 Å². The predicted molar refractivity (Wildman–Crippen MR) is 120 cm³/mol. The number of nitrogens with zero attached hydrogens (tertiary/aromatic N) is 4. The molecule has 0 bridgehead atoms. The second kappa shape index (κ2) is 9.00. The van der Waals surface area contributed by atoms with E-state index in [1.807, 2.05) is 24.4 Å². The highest BCUT2D eigenvalue weighted by molar-refractivity contribution is 7.89. The van der Waals surface area contributed by atoms with Crippen LogP contribution >= 0.6 is 11.3 Å². The van der Waals surface area contributed by atoms with Gasteiger partial charge < -0.3 is 9.32 Å². The number of amides is 1. The Balaban J connectivity index is 1.35. The van der Waals surface area contributed by atoms with Gasteiger partial charge in [0.1, 0.15) is 0 Å². The highest BCUT2D eigenvalue weighted by Crippen LogP contribution is 2.23. The molecular formula is C21H24N4O5S2. The molecule has 0 unspecified atom stereocenters. The molecule has 170 valence electrons. The number of aryl methyl sites for hydroxylation is 3. The molecule has 1 saturated heterocycles. The van der Waals surface area contributed by atoms with E-state index in [-0.39, 0.29) is 37.9 Å². The number of hydrogen-bond acceptors (Lipinski definition) is 7. The standard InChI is InChI=1S/C21H24N4O5S2/c1-15-5-6-16(2)18(14-15)32(28,29)24-11-9-23(10-12-24)19(26)7-8-25-21(27)30-20(22-25)17-4-3-13-31-17/h3-6,13-14H,7-12H2,1-2H3. The molecule has 4 rings (SSSR count). The van der Waals surface area contributed by atoms with Gasteiger partial charge in [0.25, 0.3) is 5.89 Å². The average molecular weight is 477 g/mol. The van der Waals surface area contributed by atoms with Crippen LogP contribution in [0.25, 0.3) is 10.8 Å². The molecule has 1 amide bonds. The number of rotatable bonds is 6. The van der Waals surface area contributed by atoms with Crippen LogP contribution < -0.4 is 5.76 Å². The Morgan fingerprint density at radius 3 is 2.59 bits per heavy atom. The molecule has 1 aliphatic heterocycles. The van der Waals surface area contributed by atoms with Gasteiger partial charge in [0.15, 0.2) is 0 Å². The van der Waals surface area contributed by atoms with Gasteiger partial charge >= 0.3 is 5.76 Å². The molecule has 0 N–H and O–H groups in total. The molecule has 3 heterocycles. The summed E-state index contributed by atoms with van der Waals surface area (Å²) < 4.78 is 33.8. The Labute approximate surface area is 189 Å². The summed E-state index contributed by atoms with van der Waals surface area (Å²) in [5, 5.41) is 6.01. The maximum absolute atomic E-state index is 13.1. The number of benzene rings is 1. The molecule has 0 saturated carbocycles. The molecule has 1 aliphatic rings. The van der Waals surface area contributed by atoms with Crippen LogP contribution in [-0.2, 0) is 21.4 Å². The smallest absolute Gasteiger partial charge is 0.387 e. The molecule has 0 aliphatic carbocycles. The van der Waals surface area contributed by atoms with Crippen molar-refractivity contribution in [1.29, 1.82) is 0 Å². The van der Waals surface area contributed by atoms with E-state index >= 15 is 0 Å². The van der Waals surface area contributed by atoms with Crippen molar-refractivity contribution in [3.05, 3.63) is 57.4 Å². The largest absolute Gasteiger partial charge is 0.437 e. The van der Waals surface area contributed by atoms with Gasteiger partial charge in [-0.3, -0.25) is 4.79 Å². The number of carbonyl (C=O) groups excluding carboxylic acids is 1. The number of hydrogen-bond donors (Lipinski definition) is 0. The van der Waals surface area contributed by atoms with Gasteiger partial charge in [0, 0.05) is 32.6 Å². The maximum Gasteiger partial charge on any atom is 0.437 e. The number of sulfonamides is 1. The van der Waals surface area contributed by atoms with E-state index in [2.05, 4.69) is 5.10 Å². The second-order valence-electron chi connectivity index (χ2n) is 7.68. The average Bonchev–Trinajstić information content (AvgIpc) is 3.43. The lowest BCUT2D eigenvalue weighted by Crippen LogP contribution is -2.50. The van der Waals surface area contributed by atoms with E-state index in [4.69, 9.17) is 4.42 Å². The van der Waals surface area contributed by atoms with Crippen LogP contribution in [0.15, 0.2) is 49.8 Å². The van der Waals surface area contributed by atoms with Crippen molar-refractivity contribution < 1.29 is 17.6 Å². The van der Waals surface area contributed by atoms with Gasteiger partial charge in [0.05, 0.1) is 16.3 Å². The predicted octanol–water partition coefficient (Wildman–Crippen LogP) is 2.10. The lowest BCUT2D eigenvalue weighted by molar-refractivity contribution is -0.132. The Morgan fingerprint density at radius 1 is 1.16 bits per heavy atom. The van der Waals surface area contributed by atoms with Crippen LogP contribution in [-0.4, -0.2) is 59.5 Å². The molecular weight excluding hydrogens is 452 g/mol. The zero-order chi connectivity index (χ0) is 22.9. The van der Waals surface area contributed by atoms with Crippen LogP contribution in [0.2, 0.25) is 0 Å². The van der Waals surface area contributed by atoms with Gasteiger partial charge in [0.2, 0.25) is 15.9 Å². The molecule has 0 atom stereocenters. The summed E-state index contributed by atoms with van der Waals surface area (Å²) in [7, 11) is -3.62. The molecule has 11 heteroatoms. The number of aromatic nitrogens is 2. The maximum atomic E-state index is 13.1. The molecule has 0 spiro atoms. The summed E-state index contributed by atoms with van der Waals surface area (Å²) in [6.45, 7) is 4.81. The first-order valence-corrected chi connectivity index (χ1v) is 12.5. The summed E-state index contributed by atoms with van der Waals surface area (Å²) in [5.41, 5.74) is 1.59. The molecule has 32 heavy (non-hydrogen) atoms. The molecule has 3 aromatic rings. The number of carbonyl (C=O) groups is 1. The third-order valence-electron chi connectivity index (χ3n) is 5.43. The first-order valence-electron chi connectivity index (χ1n) is 10.2. The highest BCUT2D eigenvalue weighted by atomic mass is 32.2. The molecule has 0 radical (unpaired) electrons. The van der Waals surface area contributed by atoms with Crippen LogP contribution in [0.3, 0.4) is 0 Å². The van der Waals surface area contributed by atoms with Crippen molar-refractivity contribution in [3.8, 4) is 10.8 Å². The lowest BCUT2D eigenvalue weighted by Gasteiger charge is -2.34. The summed E-state index contributed by atoms with van der Waals surface area (Å²) >= 11 is 1.41. The Hall–Kier alpha value is -2.76. The van der Waals surface area contributed by atoms with Crippen molar-refractivity contribution in [2.24, 2.45) is 0 Å². The van der Waals surface area contributed by atoms with E-state index in [0.29, 0.717) is 23.5 Å². The molecule has 9 nitrogen and oxygen atoms in total. The zero-order valence-corrected chi connectivity index (χ0v) is 19.5. The SMILES string of the molecule is Cc1ccc(C)c(S(=O)(=O)N2CCN(C(=O)CCn3nc(-c4cccs4)oc3=O)CC2)c1. The first kappa shape index (κ1) is 22.4. The van der Waals surface area contributed by atoms with Crippen molar-refractivity contribution in [1.82, 2.24) is 19.0 Å². The van der Waals surface area contributed by atoms with Gasteiger partial charge in [-0.05, 0) is 42.5 Å². The fraction of sp³-hybridized carbons (Fsp3) is 0.381. The van der Waals surface area contributed by atoms with Crippen LogP contribution in [0, 0.1) is 13.8 Å². The fourth-order valence-corrected chi connectivity index (χ4v) is 5.99. The topological polar surface area (TPSA) is 106 Å². The Bertz CT molecular complexity index is 1270. The molecule has 2 aromatic heterocycles. The van der Waals surface area contributed by atoms with E-state index in [0.717, 1.165) is 15.1 Å². The van der Waals surface area contributed by atoms with Crippen LogP contribution in [0.5, 0.6) is 0 Å². The van der Waals surface area contributed by atoms with Crippen molar-refractivity contribution in [3.63, 3.8) is 0 Å². The number of thiophene rings is 1. The third-order valence-corrected chi connectivity index (χ3v) is 8.33. The lowest BCUT2D eigenvalue weighted by atomic mass is 10.2. The third kappa shape index (κ3) is 4.54. The van der Waals surface area contributed by atoms with E-state index in [1.165, 1.54) is 15.6 Å². The minimum absolute atomic E-state index is 0.0834. The monoisotopic (exact) mass is 476 g/mol. The van der Waals surface area contributed by atoms with Crippen molar-refractivity contribution in [2.75, 3.05) is 26.2 Å². The van der Waals surface area contributed by atoms with Gasteiger partial charge in [-0.25, -0.2) is 13.2 Å². The fourth-order valence-electron chi connectivity index (χ4n) is 3.61. The second-order valence-corrected chi connectivity index (χ2v) is 10.5. The number of piperazine rings is 1. The van der Waals surface area contributed by atoms with Crippen LogP contribution in [0.4, 0.5) is 0 Å². The van der Waals surface area contributed by atoms with E-state index < -0.39 is 15.8 Å². The highest BCUT2D eigenvalue weighted by Gasteiger charge is 2.31. The summed E-state index contributed by atoms with van der Waals surface area (Å²) in [4.78, 5) is 27.3. The minimum Gasteiger partial charge on any atom is -0.387 e. The van der Waals surface area contributed by atoms with E-state index in [1.54, 1.807) is 30.0 Å². The molecule has 1 fully saturated rings.